The zero-order valence-corrected chi connectivity index (χ0v) is 19.6. The van der Waals surface area contributed by atoms with Crippen molar-refractivity contribution in [2.45, 2.75) is 51.5 Å². The van der Waals surface area contributed by atoms with Crippen LogP contribution < -0.4 is 10.2 Å². The van der Waals surface area contributed by atoms with E-state index in [2.05, 4.69) is 53.9 Å². The fourth-order valence-corrected chi connectivity index (χ4v) is 5.05. The third kappa shape index (κ3) is 5.70. The fourth-order valence-electron chi connectivity index (χ4n) is 3.11. The van der Waals surface area contributed by atoms with E-state index < -0.39 is 0 Å². The highest BCUT2D eigenvalue weighted by Gasteiger charge is 2.16. The van der Waals surface area contributed by atoms with Crippen molar-refractivity contribution in [3.63, 3.8) is 0 Å². The normalized spacial score (nSPS) is 11.2. The van der Waals surface area contributed by atoms with E-state index in [0.29, 0.717) is 17.3 Å². The first-order chi connectivity index (χ1) is 14.5. The summed E-state index contributed by atoms with van der Waals surface area (Å²) in [6.45, 7) is 10.6. The van der Waals surface area contributed by atoms with Gasteiger partial charge in [-0.3, -0.25) is 4.79 Å². The molecule has 0 atom stereocenters. The molecule has 1 aromatic carbocycles. The van der Waals surface area contributed by atoms with Crippen LogP contribution in [0.3, 0.4) is 0 Å². The molecule has 30 heavy (non-hydrogen) atoms. The van der Waals surface area contributed by atoms with Gasteiger partial charge >= 0.3 is 0 Å². The van der Waals surface area contributed by atoms with E-state index in [1.165, 1.54) is 23.7 Å². The molecule has 3 aromatic rings. The second-order valence-corrected chi connectivity index (χ2v) is 9.37. The highest BCUT2D eigenvalue weighted by molar-refractivity contribution is 8.00. The first kappa shape index (κ1) is 22.5. The Morgan fingerprint density at radius 2 is 1.97 bits per heavy atom. The molecular weight excluding hydrogens is 414 g/mol. The molecule has 2 aromatic heterocycles. The van der Waals surface area contributed by atoms with Gasteiger partial charge in [-0.2, -0.15) is 4.98 Å². The maximum Gasteiger partial charge on any atom is 0.234 e. The molecule has 0 spiro atoms. The lowest BCUT2D eigenvalue weighted by molar-refractivity contribution is -0.113. The number of carbonyl (C=O) groups is 1. The monoisotopic (exact) mass is 443 g/mol. The number of fused-ring (bicyclic) bond motifs is 1. The number of nitrogens with zero attached hydrogens (tertiary/aromatic N) is 4. The third-order valence-electron chi connectivity index (χ3n) is 4.58. The number of carbonyl (C=O) groups excluding carboxylic acids is 1. The molecule has 6 nitrogen and oxygen atoms in total. The minimum atomic E-state index is -0.0454. The second kappa shape index (κ2) is 10.7. The summed E-state index contributed by atoms with van der Waals surface area (Å²) in [7, 11) is 0. The minimum absolute atomic E-state index is 0.0454. The topological polar surface area (TPSA) is 71.0 Å². The van der Waals surface area contributed by atoms with Crippen molar-refractivity contribution >= 4 is 50.2 Å². The van der Waals surface area contributed by atoms with Crippen molar-refractivity contribution < 1.29 is 4.79 Å². The molecule has 0 radical (unpaired) electrons. The van der Waals surface area contributed by atoms with Crippen molar-refractivity contribution in [2.24, 2.45) is 0 Å². The van der Waals surface area contributed by atoms with Crippen LogP contribution in [0, 0.1) is 0 Å². The largest absolute Gasteiger partial charge is 0.348 e. The lowest BCUT2D eigenvalue weighted by atomic mass is 10.0. The van der Waals surface area contributed by atoms with Crippen molar-refractivity contribution in [2.75, 3.05) is 29.1 Å². The molecule has 0 unspecified atom stereocenters. The average Bonchev–Trinajstić information content (AvgIpc) is 3.17. The van der Waals surface area contributed by atoms with E-state index >= 15 is 0 Å². The Hall–Kier alpha value is -2.19. The molecule has 0 saturated carbocycles. The van der Waals surface area contributed by atoms with Crippen LogP contribution in [0.25, 0.3) is 10.3 Å². The number of anilines is 2. The fraction of sp³-hybridized carbons (Fsp3) is 0.455. The van der Waals surface area contributed by atoms with Gasteiger partial charge in [-0.05, 0) is 36.5 Å². The van der Waals surface area contributed by atoms with Crippen molar-refractivity contribution in [1.82, 2.24) is 15.0 Å². The van der Waals surface area contributed by atoms with E-state index in [1.54, 1.807) is 11.3 Å². The van der Waals surface area contributed by atoms with E-state index in [-0.39, 0.29) is 5.91 Å². The number of hydrogen-bond donors (Lipinski definition) is 1. The van der Waals surface area contributed by atoms with Gasteiger partial charge < -0.3 is 10.2 Å². The molecule has 0 aliphatic rings. The number of thiazole rings is 1. The van der Waals surface area contributed by atoms with E-state index in [0.717, 1.165) is 46.5 Å². The van der Waals surface area contributed by atoms with Crippen LogP contribution in [-0.4, -0.2) is 39.7 Å². The summed E-state index contributed by atoms with van der Waals surface area (Å²) < 4.78 is 0.948. The Bertz CT molecular complexity index is 983. The molecule has 0 saturated heterocycles. The van der Waals surface area contributed by atoms with Crippen LogP contribution in [0.5, 0.6) is 0 Å². The van der Waals surface area contributed by atoms with Crippen LogP contribution >= 0.6 is 23.1 Å². The van der Waals surface area contributed by atoms with Gasteiger partial charge in [-0.15, -0.1) is 0 Å². The van der Waals surface area contributed by atoms with Gasteiger partial charge in [0.1, 0.15) is 16.1 Å². The van der Waals surface area contributed by atoms with Gasteiger partial charge in [0.25, 0.3) is 0 Å². The number of nitrogens with one attached hydrogen (secondary N) is 1. The second-order valence-electron chi connectivity index (χ2n) is 7.43. The Labute approximate surface area is 186 Å². The van der Waals surface area contributed by atoms with Gasteiger partial charge in [-0.1, -0.05) is 62.9 Å². The molecule has 8 heteroatoms. The van der Waals surface area contributed by atoms with Crippen LogP contribution in [0.15, 0.2) is 35.6 Å². The Morgan fingerprint density at radius 3 is 2.67 bits per heavy atom. The molecular formula is C22H29N5OS2. The summed E-state index contributed by atoms with van der Waals surface area (Å²) in [4.78, 5) is 28.2. The third-order valence-corrected chi connectivity index (χ3v) is 6.81. The summed E-state index contributed by atoms with van der Waals surface area (Å²) in [5, 5.41) is 4.77. The SMILES string of the molecule is CCCN(CCC)c1nc2ncnc(SCC(=O)Nc3cccc(C(C)C)c3)c2s1. The number of thioether (sulfide) groups is 1. The summed E-state index contributed by atoms with van der Waals surface area (Å²) in [6, 6.07) is 8.00. The molecule has 160 valence electrons. The molecule has 0 bridgehead atoms. The minimum Gasteiger partial charge on any atom is -0.348 e. The predicted molar refractivity (Wildman–Crippen MR) is 128 cm³/mol. The number of aromatic nitrogens is 3. The smallest absolute Gasteiger partial charge is 0.234 e. The van der Waals surface area contributed by atoms with Gasteiger partial charge in [0.2, 0.25) is 5.91 Å². The lowest BCUT2D eigenvalue weighted by Crippen LogP contribution is -2.24. The molecule has 0 aliphatic heterocycles. The van der Waals surface area contributed by atoms with E-state index in [4.69, 9.17) is 4.98 Å². The zero-order valence-electron chi connectivity index (χ0n) is 18.0. The van der Waals surface area contributed by atoms with Crippen molar-refractivity contribution in [3.05, 3.63) is 36.2 Å². The number of amides is 1. The van der Waals surface area contributed by atoms with Crippen LogP contribution in [0.4, 0.5) is 10.8 Å². The van der Waals surface area contributed by atoms with Gasteiger partial charge in [0.15, 0.2) is 10.8 Å². The predicted octanol–water partition coefficient (Wildman–Crippen LogP) is 5.57. The first-order valence-corrected chi connectivity index (χ1v) is 12.2. The first-order valence-electron chi connectivity index (χ1n) is 10.4. The quantitative estimate of drug-likeness (QED) is 0.326. The maximum atomic E-state index is 12.5. The molecule has 2 heterocycles. The van der Waals surface area contributed by atoms with Crippen molar-refractivity contribution in [3.8, 4) is 0 Å². The number of benzene rings is 1. The highest BCUT2D eigenvalue weighted by Crippen LogP contribution is 2.34. The Morgan fingerprint density at radius 1 is 1.20 bits per heavy atom. The molecule has 1 amide bonds. The molecule has 0 aliphatic carbocycles. The molecule has 3 rings (SSSR count). The number of hydrogen-bond acceptors (Lipinski definition) is 7. The standard InChI is InChI=1S/C22H29N5OS2/c1-5-10-27(11-6-2)22-26-20-19(30-22)21(24-14-23-20)29-13-18(28)25-17-9-7-8-16(12-17)15(3)4/h7-9,12,14-15H,5-6,10-11,13H2,1-4H3,(H,25,28). The molecule has 0 fully saturated rings. The summed E-state index contributed by atoms with van der Waals surface area (Å²) >= 11 is 3.04. The van der Waals surface area contributed by atoms with Crippen LogP contribution in [0.2, 0.25) is 0 Å². The van der Waals surface area contributed by atoms with Gasteiger partial charge in [0.05, 0.1) is 5.75 Å². The average molecular weight is 444 g/mol. The lowest BCUT2D eigenvalue weighted by Gasteiger charge is -2.19. The van der Waals surface area contributed by atoms with Crippen LogP contribution in [-0.2, 0) is 4.79 Å². The van der Waals surface area contributed by atoms with E-state index in [1.807, 2.05) is 18.2 Å². The summed E-state index contributed by atoms with van der Waals surface area (Å²) in [5.74, 6) is 0.667. The van der Waals surface area contributed by atoms with Gasteiger partial charge in [0, 0.05) is 18.8 Å². The van der Waals surface area contributed by atoms with Crippen LogP contribution in [0.1, 0.15) is 52.0 Å². The highest BCUT2D eigenvalue weighted by atomic mass is 32.2. The molecule has 1 N–H and O–H groups in total. The maximum absolute atomic E-state index is 12.5. The Kier molecular flexibility index (Phi) is 8.04. The summed E-state index contributed by atoms with van der Waals surface area (Å²) in [5.41, 5.74) is 2.74. The Balaban J connectivity index is 1.69. The van der Waals surface area contributed by atoms with Crippen molar-refractivity contribution in [1.29, 1.82) is 0 Å². The van der Waals surface area contributed by atoms with Gasteiger partial charge in [-0.25, -0.2) is 9.97 Å². The summed E-state index contributed by atoms with van der Waals surface area (Å²) in [6.07, 6.45) is 3.67. The zero-order chi connectivity index (χ0) is 21.5. The van der Waals surface area contributed by atoms with E-state index in [9.17, 15) is 4.79 Å². The number of rotatable bonds is 10.